The predicted molar refractivity (Wildman–Crippen MR) is 189 cm³/mol. The number of carbonyl (C=O) groups is 4. The van der Waals surface area contributed by atoms with Gasteiger partial charge in [-0.2, -0.15) is 0 Å². The number of nitrogens with zero attached hydrogens (tertiary/aromatic N) is 2. The number of anilines is 4. The molecule has 4 aliphatic rings. The molecule has 9 nitrogen and oxygen atoms in total. The van der Waals surface area contributed by atoms with Crippen molar-refractivity contribution in [3.63, 3.8) is 0 Å². The maximum absolute atomic E-state index is 14.6. The van der Waals surface area contributed by atoms with Gasteiger partial charge in [0.15, 0.2) is 0 Å². The van der Waals surface area contributed by atoms with E-state index in [2.05, 4.69) is 5.32 Å². The van der Waals surface area contributed by atoms with E-state index >= 15 is 0 Å². The Morgan fingerprint density at radius 2 is 1.38 bits per heavy atom. The van der Waals surface area contributed by atoms with Crippen LogP contribution in [0.15, 0.2) is 121 Å². The second-order valence-electron chi connectivity index (χ2n) is 13.7. The number of fused-ring (bicyclic) bond motifs is 4. The molecule has 2 aliphatic carbocycles. The zero-order chi connectivity index (χ0) is 34.6. The first-order valence-electron chi connectivity index (χ1n) is 17.1. The molecule has 8 rings (SSSR count). The molecule has 2 saturated heterocycles. The highest BCUT2D eigenvalue weighted by atomic mass is 16.5. The standard InChI is InChI=1S/C41H37N3O6/c1-41-33(38(47)44(40(41)49)27-12-6-3-7-13-27)24-32-29(36(41)30-14-8-9-15-34(30)50-23-22-45)20-21-31-35(32)39(48)43(37(31)46)28-18-16-26(17-19-28)42-25-10-4-2-5-11-25/h2-20,31-33,35-36,42,45H,21-24H2,1H3. The van der Waals surface area contributed by atoms with Gasteiger partial charge in [0.1, 0.15) is 12.4 Å². The van der Waals surface area contributed by atoms with Crippen molar-refractivity contribution in [2.75, 3.05) is 28.3 Å². The molecule has 0 aromatic heterocycles. The molecule has 4 amide bonds. The van der Waals surface area contributed by atoms with Crippen molar-refractivity contribution >= 4 is 46.4 Å². The third-order valence-corrected chi connectivity index (χ3v) is 11.1. The van der Waals surface area contributed by atoms with E-state index in [-0.39, 0.29) is 43.3 Å². The van der Waals surface area contributed by atoms with Crippen molar-refractivity contribution in [2.24, 2.45) is 29.1 Å². The van der Waals surface area contributed by atoms with Crippen LogP contribution in [0, 0.1) is 29.1 Å². The molecule has 252 valence electrons. The van der Waals surface area contributed by atoms with Gasteiger partial charge in [0.2, 0.25) is 23.6 Å². The highest BCUT2D eigenvalue weighted by Crippen LogP contribution is 2.64. The van der Waals surface area contributed by atoms with Gasteiger partial charge < -0.3 is 15.2 Å². The quantitative estimate of drug-likeness (QED) is 0.169. The first kappa shape index (κ1) is 31.7. The Labute approximate surface area is 290 Å². The van der Waals surface area contributed by atoms with Crippen LogP contribution in [-0.2, 0) is 19.2 Å². The lowest BCUT2D eigenvalue weighted by Gasteiger charge is -2.49. The summed E-state index contributed by atoms with van der Waals surface area (Å²) in [5, 5.41) is 12.9. The van der Waals surface area contributed by atoms with E-state index in [4.69, 9.17) is 4.74 Å². The van der Waals surface area contributed by atoms with E-state index in [9.17, 15) is 24.3 Å². The van der Waals surface area contributed by atoms with Gasteiger partial charge in [-0.25, -0.2) is 4.90 Å². The molecule has 50 heavy (non-hydrogen) atoms. The number of amides is 4. The largest absolute Gasteiger partial charge is 0.491 e. The summed E-state index contributed by atoms with van der Waals surface area (Å²) in [5.74, 6) is -3.71. The predicted octanol–water partition coefficient (Wildman–Crippen LogP) is 6.24. The topological polar surface area (TPSA) is 116 Å². The number of aliphatic hydroxyl groups excluding tert-OH is 1. The van der Waals surface area contributed by atoms with Crippen molar-refractivity contribution in [1.82, 2.24) is 0 Å². The van der Waals surface area contributed by atoms with Gasteiger partial charge in [-0.3, -0.25) is 24.1 Å². The number of allylic oxidation sites excluding steroid dienone is 2. The smallest absolute Gasteiger partial charge is 0.241 e. The van der Waals surface area contributed by atoms with E-state index in [1.165, 1.54) is 9.80 Å². The van der Waals surface area contributed by atoms with Gasteiger partial charge >= 0.3 is 0 Å². The molecule has 1 saturated carbocycles. The van der Waals surface area contributed by atoms with Gasteiger partial charge in [0.25, 0.3) is 0 Å². The van der Waals surface area contributed by atoms with Gasteiger partial charge in [-0.15, -0.1) is 0 Å². The van der Waals surface area contributed by atoms with Crippen molar-refractivity contribution < 1.29 is 29.0 Å². The highest BCUT2D eigenvalue weighted by Gasteiger charge is 2.68. The van der Waals surface area contributed by atoms with Crippen LogP contribution in [0.25, 0.3) is 0 Å². The molecular weight excluding hydrogens is 630 g/mol. The molecule has 4 aromatic rings. The molecule has 3 fully saturated rings. The molecule has 2 heterocycles. The van der Waals surface area contributed by atoms with E-state index in [0.717, 1.165) is 16.9 Å². The van der Waals surface area contributed by atoms with Gasteiger partial charge in [-0.05, 0) is 80.3 Å². The fourth-order valence-corrected chi connectivity index (χ4v) is 8.83. The van der Waals surface area contributed by atoms with Gasteiger partial charge in [-0.1, -0.05) is 66.2 Å². The van der Waals surface area contributed by atoms with E-state index in [0.29, 0.717) is 29.1 Å². The molecule has 2 N–H and O–H groups in total. The zero-order valence-electron chi connectivity index (χ0n) is 27.6. The average molecular weight is 668 g/mol. The molecule has 6 unspecified atom stereocenters. The van der Waals surface area contributed by atoms with Gasteiger partial charge in [0, 0.05) is 22.9 Å². The Kier molecular flexibility index (Phi) is 7.87. The van der Waals surface area contributed by atoms with Crippen LogP contribution >= 0.6 is 0 Å². The summed E-state index contributed by atoms with van der Waals surface area (Å²) >= 11 is 0. The molecule has 6 atom stereocenters. The summed E-state index contributed by atoms with van der Waals surface area (Å²) in [6.07, 6.45) is 2.64. The maximum atomic E-state index is 14.6. The minimum absolute atomic E-state index is 0.0572. The Bertz CT molecular complexity index is 2010. The average Bonchev–Trinajstić information content (AvgIpc) is 3.51. The highest BCUT2D eigenvalue weighted by molar-refractivity contribution is 6.25. The molecule has 0 radical (unpaired) electrons. The molecule has 2 aliphatic heterocycles. The third-order valence-electron chi connectivity index (χ3n) is 11.1. The molecule has 0 spiro atoms. The summed E-state index contributed by atoms with van der Waals surface area (Å²) in [5.41, 5.74) is 3.15. The zero-order valence-corrected chi connectivity index (χ0v) is 27.6. The van der Waals surface area contributed by atoms with Crippen LogP contribution in [-0.4, -0.2) is 41.9 Å². The van der Waals surface area contributed by atoms with Crippen LogP contribution in [0.5, 0.6) is 5.75 Å². The minimum atomic E-state index is -1.19. The first-order valence-corrected chi connectivity index (χ1v) is 17.1. The maximum Gasteiger partial charge on any atom is 0.241 e. The number of hydrogen-bond acceptors (Lipinski definition) is 7. The van der Waals surface area contributed by atoms with Crippen molar-refractivity contribution in [3.05, 3.63) is 126 Å². The summed E-state index contributed by atoms with van der Waals surface area (Å²) in [4.78, 5) is 60.2. The number of carbonyl (C=O) groups excluding carboxylic acids is 4. The van der Waals surface area contributed by atoms with E-state index < -0.39 is 35.0 Å². The molecular formula is C41H37N3O6. The first-order chi connectivity index (χ1) is 24.3. The van der Waals surface area contributed by atoms with Crippen molar-refractivity contribution in [2.45, 2.75) is 25.7 Å². The van der Waals surface area contributed by atoms with Crippen molar-refractivity contribution in [1.29, 1.82) is 0 Å². The molecule has 0 bridgehead atoms. The lowest BCUT2D eigenvalue weighted by atomic mass is 9.51. The second kappa shape index (κ2) is 12.4. The van der Waals surface area contributed by atoms with E-state index in [1.54, 1.807) is 42.5 Å². The Hall–Kier alpha value is -5.54. The Balaban J connectivity index is 1.18. The number of nitrogens with one attached hydrogen (secondary N) is 1. The normalized spacial score (nSPS) is 27.1. The number of imide groups is 2. The molecule has 9 heteroatoms. The summed E-state index contributed by atoms with van der Waals surface area (Å²) in [7, 11) is 0. The SMILES string of the molecule is CC12C(=O)N(c3ccccc3)C(=O)C1CC1C(=CCC3C(=O)N(c4ccc(Nc5ccccc5)cc4)C(=O)C31)C2c1ccccc1OCCO. The fourth-order valence-electron chi connectivity index (χ4n) is 8.83. The number of rotatable bonds is 8. The molecule has 4 aromatic carbocycles. The minimum Gasteiger partial charge on any atom is -0.491 e. The van der Waals surface area contributed by atoms with Crippen LogP contribution in [0.1, 0.15) is 31.2 Å². The van der Waals surface area contributed by atoms with E-state index in [1.807, 2.05) is 79.7 Å². The fraction of sp³-hybridized carbons (Fsp3) is 0.268. The van der Waals surface area contributed by atoms with Gasteiger partial charge in [0.05, 0.1) is 41.2 Å². The summed E-state index contributed by atoms with van der Waals surface area (Å²) < 4.78 is 6.01. The number of aliphatic hydroxyl groups is 1. The Morgan fingerprint density at radius 1 is 0.740 bits per heavy atom. The lowest BCUT2D eigenvalue weighted by Crippen LogP contribution is -2.49. The summed E-state index contributed by atoms with van der Waals surface area (Å²) in [6.45, 7) is 1.72. The number of para-hydroxylation sites is 3. The second-order valence-corrected chi connectivity index (χ2v) is 13.7. The van der Waals surface area contributed by atoms with Crippen LogP contribution in [0.3, 0.4) is 0 Å². The monoisotopic (exact) mass is 667 g/mol. The number of ether oxygens (including phenoxy) is 1. The Morgan fingerprint density at radius 3 is 2.10 bits per heavy atom. The summed E-state index contributed by atoms with van der Waals surface area (Å²) in [6, 6.07) is 33.3. The number of hydrogen-bond donors (Lipinski definition) is 2. The third kappa shape index (κ3) is 4.87. The lowest BCUT2D eigenvalue weighted by molar-refractivity contribution is -0.131. The number of benzene rings is 4. The van der Waals surface area contributed by atoms with Crippen LogP contribution in [0.2, 0.25) is 0 Å². The van der Waals surface area contributed by atoms with Crippen LogP contribution in [0.4, 0.5) is 22.7 Å². The van der Waals surface area contributed by atoms with Crippen molar-refractivity contribution in [3.8, 4) is 5.75 Å². The van der Waals surface area contributed by atoms with Crippen LogP contribution < -0.4 is 19.9 Å².